The molecular formula is C31H34ClFN4O2. The van der Waals surface area contributed by atoms with Crippen molar-refractivity contribution in [1.29, 1.82) is 5.26 Å². The molecule has 0 aliphatic rings. The van der Waals surface area contributed by atoms with Gasteiger partial charge in [-0.25, -0.2) is 9.37 Å². The van der Waals surface area contributed by atoms with E-state index in [9.17, 15) is 14.4 Å². The van der Waals surface area contributed by atoms with E-state index in [1.807, 2.05) is 39.0 Å². The zero-order valence-electron chi connectivity index (χ0n) is 23.0. The number of aromatic nitrogens is 1. The summed E-state index contributed by atoms with van der Waals surface area (Å²) in [4.78, 5) is 20.0. The van der Waals surface area contributed by atoms with Crippen molar-refractivity contribution in [2.75, 3.05) is 5.32 Å². The third-order valence-corrected chi connectivity index (χ3v) is 6.61. The second-order valence-corrected chi connectivity index (χ2v) is 9.09. The van der Waals surface area contributed by atoms with Gasteiger partial charge in [0.25, 0.3) is 0 Å². The maximum Gasteiger partial charge on any atom is 0.307 e. The fourth-order valence-electron chi connectivity index (χ4n) is 3.74. The van der Waals surface area contributed by atoms with E-state index < -0.39 is 11.8 Å². The van der Waals surface area contributed by atoms with E-state index in [0.29, 0.717) is 28.1 Å². The van der Waals surface area contributed by atoms with E-state index in [1.165, 1.54) is 18.2 Å². The van der Waals surface area contributed by atoms with Crippen LogP contribution in [0.25, 0.3) is 16.5 Å². The molecule has 8 heteroatoms. The summed E-state index contributed by atoms with van der Waals surface area (Å²) in [6.07, 6.45) is 4.25. The van der Waals surface area contributed by atoms with Crippen LogP contribution in [0.2, 0.25) is 5.02 Å². The van der Waals surface area contributed by atoms with Gasteiger partial charge in [-0.1, -0.05) is 70.1 Å². The number of carboxylic acids is 1. The number of carboxylic acid groups (broad SMARTS) is 1. The predicted octanol–water partition coefficient (Wildman–Crippen LogP) is 8.20. The maximum atomic E-state index is 14.5. The van der Waals surface area contributed by atoms with Gasteiger partial charge < -0.3 is 10.4 Å². The summed E-state index contributed by atoms with van der Waals surface area (Å²) in [5.41, 5.74) is 4.39. The Hall–Kier alpha value is -4.02. The van der Waals surface area contributed by atoms with Crippen molar-refractivity contribution in [2.45, 2.75) is 54.0 Å². The first-order chi connectivity index (χ1) is 18.7. The molecule has 0 bridgehead atoms. The Morgan fingerprint density at radius 1 is 1.31 bits per heavy atom. The standard InChI is InChI=1S/C29H28ClFN4O2.C2H6/c1-5-17(3)18(4)33-15-20(6-2)21-8-10-25-23(13-21)29(28(30)26(14-32)35-25)34-16-22-11-19(12-27(36)37)7-9-24(22)31;1-2/h6-11,13,15,17H,2,5,12,16H2,1,3-4H3,(H,34,35)(H,36,37);1-2H3/b20-15+,33-18?;. The van der Waals surface area contributed by atoms with Gasteiger partial charge >= 0.3 is 5.97 Å². The number of aliphatic imine (C=N–C) groups is 1. The number of pyridine rings is 1. The SMILES string of the molecule is C=C/C(=C\N=C(C)C(C)CC)c1ccc2nc(C#N)c(Cl)c(NCc3cc(CC(=O)O)ccc3F)c2c1.CC. The fourth-order valence-corrected chi connectivity index (χ4v) is 3.99. The zero-order chi connectivity index (χ0) is 29.1. The van der Waals surface area contributed by atoms with Crippen molar-refractivity contribution in [3.63, 3.8) is 0 Å². The van der Waals surface area contributed by atoms with Crippen LogP contribution in [0.1, 0.15) is 63.4 Å². The lowest BCUT2D eigenvalue weighted by Gasteiger charge is -2.15. The zero-order valence-corrected chi connectivity index (χ0v) is 23.7. The molecule has 3 aromatic rings. The van der Waals surface area contributed by atoms with E-state index in [0.717, 1.165) is 23.3 Å². The Morgan fingerprint density at radius 3 is 2.64 bits per heavy atom. The number of aliphatic carboxylic acids is 1. The molecule has 0 amide bonds. The lowest BCUT2D eigenvalue weighted by molar-refractivity contribution is -0.136. The molecule has 2 N–H and O–H groups in total. The Kier molecular flexibility index (Phi) is 11.8. The smallest absolute Gasteiger partial charge is 0.307 e. The molecule has 0 fully saturated rings. The van der Waals surface area contributed by atoms with Crippen molar-refractivity contribution >= 4 is 45.4 Å². The monoisotopic (exact) mass is 548 g/mol. The second kappa shape index (κ2) is 14.8. The molecule has 1 heterocycles. The van der Waals surface area contributed by atoms with E-state index in [2.05, 4.69) is 35.7 Å². The number of allylic oxidation sites excluding steroid dienone is 2. The minimum absolute atomic E-state index is 0.0236. The first kappa shape index (κ1) is 31.2. The van der Waals surface area contributed by atoms with Gasteiger partial charge in [-0.15, -0.1) is 0 Å². The lowest BCUT2D eigenvalue weighted by Crippen LogP contribution is -2.07. The average molecular weight is 549 g/mol. The molecule has 0 aliphatic heterocycles. The van der Waals surface area contributed by atoms with Crippen LogP contribution >= 0.6 is 11.6 Å². The van der Waals surface area contributed by atoms with Crippen molar-refractivity contribution in [3.05, 3.63) is 88.5 Å². The van der Waals surface area contributed by atoms with E-state index in [4.69, 9.17) is 16.7 Å². The molecule has 0 saturated heterocycles. The normalized spacial score (nSPS) is 12.3. The van der Waals surface area contributed by atoms with E-state index in [-0.39, 0.29) is 29.2 Å². The number of nitrogens with one attached hydrogen (secondary N) is 1. The maximum absolute atomic E-state index is 14.5. The Morgan fingerprint density at radius 2 is 2.03 bits per heavy atom. The minimum atomic E-state index is -1.00. The number of carbonyl (C=O) groups is 1. The quantitative estimate of drug-likeness (QED) is 0.196. The van der Waals surface area contributed by atoms with Crippen molar-refractivity contribution in [1.82, 2.24) is 4.98 Å². The molecule has 6 nitrogen and oxygen atoms in total. The predicted molar refractivity (Wildman–Crippen MR) is 159 cm³/mol. The number of halogens is 2. The van der Waals surface area contributed by atoms with Gasteiger partial charge in [0.15, 0.2) is 5.69 Å². The molecule has 39 heavy (non-hydrogen) atoms. The molecule has 3 rings (SSSR count). The number of rotatable bonds is 10. The van der Waals surface area contributed by atoms with Crippen LogP contribution in [-0.4, -0.2) is 21.8 Å². The number of fused-ring (bicyclic) bond motifs is 1. The number of anilines is 1. The Balaban J connectivity index is 0.00000260. The van der Waals surface area contributed by atoms with Gasteiger partial charge in [0.05, 0.1) is 17.6 Å². The van der Waals surface area contributed by atoms with Gasteiger partial charge in [-0.3, -0.25) is 9.79 Å². The molecular weight excluding hydrogens is 515 g/mol. The summed E-state index contributed by atoms with van der Waals surface area (Å²) < 4.78 is 14.5. The van der Waals surface area contributed by atoms with Gasteiger partial charge in [0, 0.05) is 29.4 Å². The molecule has 0 saturated carbocycles. The summed E-state index contributed by atoms with van der Waals surface area (Å²) >= 11 is 6.54. The van der Waals surface area contributed by atoms with Crippen LogP contribution in [-0.2, 0) is 17.8 Å². The van der Waals surface area contributed by atoms with Gasteiger partial charge in [0.2, 0.25) is 0 Å². The molecule has 204 valence electrons. The van der Waals surface area contributed by atoms with E-state index >= 15 is 0 Å². The molecule has 1 aromatic heterocycles. The first-order valence-corrected chi connectivity index (χ1v) is 13.2. The molecule has 0 aliphatic carbocycles. The van der Waals surface area contributed by atoms with Crippen LogP contribution < -0.4 is 5.32 Å². The van der Waals surface area contributed by atoms with Crippen LogP contribution in [0.4, 0.5) is 10.1 Å². The molecule has 1 atom stereocenters. The minimum Gasteiger partial charge on any atom is -0.481 e. The second-order valence-electron chi connectivity index (χ2n) is 8.71. The van der Waals surface area contributed by atoms with E-state index in [1.54, 1.807) is 18.3 Å². The number of nitriles is 1. The topological polar surface area (TPSA) is 98.4 Å². The van der Waals surface area contributed by atoms with Crippen LogP contribution in [0.15, 0.2) is 60.2 Å². The molecule has 0 radical (unpaired) electrons. The number of hydrogen-bond donors (Lipinski definition) is 2. The number of benzene rings is 2. The summed E-state index contributed by atoms with van der Waals surface area (Å²) in [7, 11) is 0. The van der Waals surface area contributed by atoms with Gasteiger partial charge in [-0.05, 0) is 54.2 Å². The first-order valence-electron chi connectivity index (χ1n) is 12.8. The summed E-state index contributed by atoms with van der Waals surface area (Å²) in [5.74, 6) is -1.13. The summed E-state index contributed by atoms with van der Waals surface area (Å²) in [6, 6.07) is 11.7. The Labute approximate surface area is 234 Å². The van der Waals surface area contributed by atoms with Gasteiger partial charge in [0.1, 0.15) is 16.9 Å². The van der Waals surface area contributed by atoms with Crippen molar-refractivity contribution in [2.24, 2.45) is 10.9 Å². The molecule has 1 unspecified atom stereocenters. The highest BCUT2D eigenvalue weighted by molar-refractivity contribution is 6.35. The van der Waals surface area contributed by atoms with Crippen LogP contribution in [0, 0.1) is 23.1 Å². The largest absolute Gasteiger partial charge is 0.481 e. The third kappa shape index (κ3) is 7.98. The average Bonchev–Trinajstić information content (AvgIpc) is 2.94. The third-order valence-electron chi connectivity index (χ3n) is 6.24. The lowest BCUT2D eigenvalue weighted by atomic mass is 10.0. The fraction of sp³-hybridized carbons (Fsp3) is 0.290. The van der Waals surface area contributed by atoms with Gasteiger partial charge in [-0.2, -0.15) is 5.26 Å². The van der Waals surface area contributed by atoms with Crippen molar-refractivity contribution < 1.29 is 14.3 Å². The number of hydrogen-bond acceptors (Lipinski definition) is 5. The Bertz CT molecular complexity index is 1460. The highest BCUT2D eigenvalue weighted by Gasteiger charge is 2.16. The summed E-state index contributed by atoms with van der Waals surface area (Å²) in [5, 5.41) is 22.5. The summed E-state index contributed by atoms with van der Waals surface area (Å²) in [6.45, 7) is 14.2. The number of nitrogens with zero attached hydrogens (tertiary/aromatic N) is 3. The van der Waals surface area contributed by atoms with Crippen LogP contribution in [0.3, 0.4) is 0 Å². The van der Waals surface area contributed by atoms with Crippen LogP contribution in [0.5, 0.6) is 0 Å². The highest BCUT2D eigenvalue weighted by Crippen LogP contribution is 2.35. The molecule has 2 aromatic carbocycles. The van der Waals surface area contributed by atoms with Crippen molar-refractivity contribution in [3.8, 4) is 6.07 Å². The highest BCUT2D eigenvalue weighted by atomic mass is 35.5. The molecule has 0 spiro atoms.